The van der Waals surface area contributed by atoms with E-state index in [0.29, 0.717) is 18.6 Å². The largest absolute Gasteiger partial charge is 0.464 e. The molecule has 0 amide bonds. The predicted molar refractivity (Wildman–Crippen MR) is 104 cm³/mol. The van der Waals surface area contributed by atoms with Crippen LogP contribution in [0.1, 0.15) is 63.4 Å². The van der Waals surface area contributed by atoms with E-state index in [-0.39, 0.29) is 11.4 Å². The Balaban J connectivity index is 1.46. The highest BCUT2D eigenvalue weighted by Gasteiger charge is 2.47. The number of esters is 1. The molecule has 1 aliphatic carbocycles. The lowest BCUT2D eigenvalue weighted by Crippen LogP contribution is -2.61. The first-order valence-corrected chi connectivity index (χ1v) is 10.7. The van der Waals surface area contributed by atoms with Gasteiger partial charge in [-0.25, -0.2) is 0 Å². The average molecular weight is 357 g/mol. The third-order valence-electron chi connectivity index (χ3n) is 7.61. The highest BCUT2D eigenvalue weighted by atomic mass is 16.5. The van der Waals surface area contributed by atoms with Crippen LogP contribution in [0.25, 0.3) is 0 Å². The minimum atomic E-state index is -0.388. The summed E-state index contributed by atoms with van der Waals surface area (Å²) in [4.78, 5) is 13.2. The number of carbonyl (C=O) groups excluding carboxylic acids is 1. The summed E-state index contributed by atoms with van der Waals surface area (Å²) >= 11 is 0. The van der Waals surface area contributed by atoms with E-state index >= 15 is 0 Å². The van der Waals surface area contributed by atoms with Crippen molar-refractivity contribution < 1.29 is 14.0 Å². The van der Waals surface area contributed by atoms with E-state index in [9.17, 15) is 4.79 Å². The first kappa shape index (κ1) is 18.0. The molecule has 2 heterocycles. The molecule has 0 N–H and O–H groups in total. The van der Waals surface area contributed by atoms with Gasteiger partial charge in [-0.2, -0.15) is 0 Å². The molecule has 0 spiro atoms. The van der Waals surface area contributed by atoms with Crippen LogP contribution in [-0.2, 0) is 14.9 Å². The standard InChI is InChI=1S/C23H34NO2/c1-24-16-8-5-13-21(24)19(10-9-17-24)18-26-22(25)23(14-6-7-15-23)20-11-3-2-4-12-20/h2-4,11-12,19,21H,5-10,13-18H2,1H3/q+1/t19-,21-,24?/m0/s1. The van der Waals surface area contributed by atoms with E-state index < -0.39 is 0 Å². The Labute approximate surface area is 158 Å². The number of ether oxygens (including phenoxy) is 1. The second kappa shape index (κ2) is 7.34. The first-order valence-electron chi connectivity index (χ1n) is 10.7. The van der Waals surface area contributed by atoms with Crippen molar-refractivity contribution in [3.63, 3.8) is 0 Å². The van der Waals surface area contributed by atoms with Gasteiger partial charge in [-0.1, -0.05) is 43.2 Å². The van der Waals surface area contributed by atoms with Gasteiger partial charge in [0.25, 0.3) is 0 Å². The van der Waals surface area contributed by atoms with Crippen LogP contribution >= 0.6 is 0 Å². The maximum atomic E-state index is 13.2. The highest BCUT2D eigenvalue weighted by Crippen LogP contribution is 2.43. The number of nitrogens with zero attached hydrogens (tertiary/aromatic N) is 1. The third-order valence-corrected chi connectivity index (χ3v) is 7.61. The molecular weight excluding hydrogens is 322 g/mol. The van der Waals surface area contributed by atoms with Gasteiger partial charge < -0.3 is 9.22 Å². The molecule has 0 bridgehead atoms. The summed E-state index contributed by atoms with van der Waals surface area (Å²) in [5, 5.41) is 0. The minimum absolute atomic E-state index is 0.0387. The average Bonchev–Trinajstić information content (AvgIpc) is 3.17. The fourth-order valence-corrected chi connectivity index (χ4v) is 6.10. The Kier molecular flexibility index (Phi) is 5.09. The molecule has 1 aromatic carbocycles. The lowest BCUT2D eigenvalue weighted by atomic mass is 9.78. The Morgan fingerprint density at radius 2 is 1.77 bits per heavy atom. The van der Waals surface area contributed by atoms with Crippen LogP contribution in [0.4, 0.5) is 0 Å². The normalized spacial score (nSPS) is 33.4. The summed E-state index contributed by atoms with van der Waals surface area (Å²) in [6.45, 7) is 3.25. The number of hydrogen-bond donors (Lipinski definition) is 0. The number of rotatable bonds is 4. The summed E-state index contributed by atoms with van der Waals surface area (Å²) in [5.41, 5.74) is 0.769. The van der Waals surface area contributed by atoms with Gasteiger partial charge in [-0.3, -0.25) is 4.79 Å². The Hall–Kier alpha value is -1.35. The van der Waals surface area contributed by atoms with Gasteiger partial charge >= 0.3 is 5.97 Å². The summed E-state index contributed by atoms with van der Waals surface area (Å²) < 4.78 is 7.28. The second-order valence-electron chi connectivity index (χ2n) is 9.15. The number of hydrogen-bond acceptors (Lipinski definition) is 2. The molecule has 3 atom stereocenters. The third kappa shape index (κ3) is 3.19. The van der Waals surface area contributed by atoms with E-state index in [2.05, 4.69) is 31.3 Å². The van der Waals surface area contributed by atoms with Crippen LogP contribution in [0, 0.1) is 5.92 Å². The van der Waals surface area contributed by atoms with Crippen LogP contribution < -0.4 is 0 Å². The predicted octanol–water partition coefficient (Wildman–Crippen LogP) is 4.45. The Morgan fingerprint density at radius 1 is 1.04 bits per heavy atom. The summed E-state index contributed by atoms with van der Waals surface area (Å²) in [7, 11) is 2.43. The Bertz CT molecular complexity index is 618. The molecule has 2 aliphatic heterocycles. The lowest BCUT2D eigenvalue weighted by molar-refractivity contribution is -0.947. The van der Waals surface area contributed by atoms with Crippen molar-refractivity contribution in [1.82, 2.24) is 0 Å². The molecule has 26 heavy (non-hydrogen) atoms. The van der Waals surface area contributed by atoms with Gasteiger partial charge in [0.15, 0.2) is 0 Å². The highest BCUT2D eigenvalue weighted by molar-refractivity contribution is 5.83. The SMILES string of the molecule is C[N+]12CCCC[C@H]1[C@H](COC(=O)C1(c3ccccc3)CCCC1)CCC2. The summed E-state index contributed by atoms with van der Waals surface area (Å²) in [6, 6.07) is 11.1. The molecule has 3 fully saturated rings. The molecule has 0 radical (unpaired) electrons. The van der Waals surface area contributed by atoms with Crippen LogP contribution in [0.2, 0.25) is 0 Å². The molecule has 1 unspecified atom stereocenters. The molecule has 2 saturated heterocycles. The van der Waals surface area contributed by atoms with Crippen LogP contribution in [0.3, 0.4) is 0 Å². The van der Waals surface area contributed by atoms with Gasteiger partial charge in [0.2, 0.25) is 0 Å². The van der Waals surface area contributed by atoms with Gasteiger partial charge in [0.1, 0.15) is 0 Å². The fourth-order valence-electron chi connectivity index (χ4n) is 6.10. The smallest absolute Gasteiger partial charge is 0.316 e. The van der Waals surface area contributed by atoms with Gasteiger partial charge in [-0.05, 0) is 44.1 Å². The van der Waals surface area contributed by atoms with Crippen molar-refractivity contribution in [2.45, 2.75) is 69.2 Å². The molecule has 0 aromatic heterocycles. The number of piperidine rings is 2. The maximum Gasteiger partial charge on any atom is 0.316 e. The molecule has 4 rings (SSSR count). The zero-order chi connectivity index (χ0) is 18.0. The van der Waals surface area contributed by atoms with E-state index in [1.807, 2.05) is 6.07 Å². The zero-order valence-corrected chi connectivity index (χ0v) is 16.3. The van der Waals surface area contributed by atoms with Gasteiger partial charge in [0, 0.05) is 12.3 Å². The van der Waals surface area contributed by atoms with Crippen LogP contribution in [0.5, 0.6) is 0 Å². The molecule has 142 valence electrons. The van der Waals surface area contributed by atoms with Crippen molar-refractivity contribution >= 4 is 5.97 Å². The molecular formula is C23H34NO2+. The lowest BCUT2D eigenvalue weighted by Gasteiger charge is -2.51. The fraction of sp³-hybridized carbons (Fsp3) is 0.696. The van der Waals surface area contributed by atoms with Gasteiger partial charge in [-0.15, -0.1) is 0 Å². The topological polar surface area (TPSA) is 26.3 Å². The molecule has 3 nitrogen and oxygen atoms in total. The van der Waals surface area contributed by atoms with Gasteiger partial charge in [0.05, 0.1) is 38.2 Å². The van der Waals surface area contributed by atoms with E-state index in [1.54, 1.807) is 0 Å². The summed E-state index contributed by atoms with van der Waals surface area (Å²) in [6.07, 6.45) is 10.7. The zero-order valence-electron chi connectivity index (χ0n) is 16.3. The van der Waals surface area contributed by atoms with E-state index in [1.165, 1.54) is 49.7 Å². The van der Waals surface area contributed by atoms with Crippen molar-refractivity contribution in [3.8, 4) is 0 Å². The first-order chi connectivity index (χ1) is 12.6. The number of fused-ring (bicyclic) bond motifs is 1. The minimum Gasteiger partial charge on any atom is -0.464 e. The summed E-state index contributed by atoms with van der Waals surface area (Å²) in [5.74, 6) is 0.587. The number of quaternary nitrogens is 1. The van der Waals surface area contributed by atoms with E-state index in [4.69, 9.17) is 4.74 Å². The van der Waals surface area contributed by atoms with E-state index in [0.717, 1.165) is 31.2 Å². The van der Waals surface area contributed by atoms with Crippen molar-refractivity contribution in [2.24, 2.45) is 5.92 Å². The van der Waals surface area contributed by atoms with Crippen molar-refractivity contribution in [2.75, 3.05) is 26.7 Å². The monoisotopic (exact) mass is 356 g/mol. The molecule has 1 aromatic rings. The number of carbonyl (C=O) groups is 1. The van der Waals surface area contributed by atoms with Crippen LogP contribution in [-0.4, -0.2) is 43.2 Å². The molecule has 1 saturated carbocycles. The molecule has 3 aliphatic rings. The Morgan fingerprint density at radius 3 is 2.54 bits per heavy atom. The molecule has 3 heteroatoms. The van der Waals surface area contributed by atoms with Crippen molar-refractivity contribution in [3.05, 3.63) is 35.9 Å². The van der Waals surface area contributed by atoms with Crippen LogP contribution in [0.15, 0.2) is 30.3 Å². The quantitative estimate of drug-likeness (QED) is 0.588. The second-order valence-corrected chi connectivity index (χ2v) is 9.15. The van der Waals surface area contributed by atoms with Crippen molar-refractivity contribution in [1.29, 1.82) is 0 Å². The maximum absolute atomic E-state index is 13.2. The number of benzene rings is 1.